The zero-order valence-electron chi connectivity index (χ0n) is 19.2. The molecule has 0 saturated carbocycles. The van der Waals surface area contributed by atoms with Crippen LogP contribution in [-0.4, -0.2) is 17.8 Å². The van der Waals surface area contributed by atoms with Gasteiger partial charge in [-0.3, -0.25) is 0 Å². The Morgan fingerprint density at radius 2 is 1.59 bits per heavy atom. The van der Waals surface area contributed by atoms with Crippen LogP contribution in [0.25, 0.3) is 45.1 Å². The van der Waals surface area contributed by atoms with E-state index in [1.165, 1.54) is 44.1 Å². The Morgan fingerprint density at radius 1 is 0.794 bits per heavy atom. The minimum Gasteiger partial charge on any atom is -0.380 e. The minimum absolute atomic E-state index is 0.187. The van der Waals surface area contributed by atoms with Gasteiger partial charge < -0.3 is 14.6 Å². The van der Waals surface area contributed by atoms with Gasteiger partial charge in [0.15, 0.2) is 0 Å². The monoisotopic (exact) mass is 442 g/mol. The van der Waals surface area contributed by atoms with E-state index in [-0.39, 0.29) is 5.41 Å². The van der Waals surface area contributed by atoms with Crippen LogP contribution in [-0.2, 0) is 11.3 Å². The van der Waals surface area contributed by atoms with E-state index in [2.05, 4.69) is 114 Å². The third kappa shape index (κ3) is 3.01. The van der Waals surface area contributed by atoms with Crippen molar-refractivity contribution < 1.29 is 4.74 Å². The maximum atomic E-state index is 5.58. The number of ether oxygens (including phenoxy) is 1. The molecular weight excluding hydrogens is 416 g/mol. The quantitative estimate of drug-likeness (QED) is 0.303. The molecule has 7 rings (SSSR count). The summed E-state index contributed by atoms with van der Waals surface area (Å²) in [7, 11) is 0. The average molecular weight is 443 g/mol. The molecule has 0 amide bonds. The summed E-state index contributed by atoms with van der Waals surface area (Å²) < 4.78 is 8.08. The van der Waals surface area contributed by atoms with Crippen LogP contribution in [0.4, 0.5) is 11.4 Å². The molecule has 0 atom stereocenters. The summed E-state index contributed by atoms with van der Waals surface area (Å²) in [6.45, 7) is 4.93. The number of para-hydroxylation sites is 2. The van der Waals surface area contributed by atoms with Gasteiger partial charge in [0.25, 0.3) is 0 Å². The number of nitrogens with one attached hydrogen (secondary N) is 1. The lowest BCUT2D eigenvalue weighted by Crippen LogP contribution is -2.43. The molecule has 4 aromatic carbocycles. The van der Waals surface area contributed by atoms with Crippen molar-refractivity contribution in [2.24, 2.45) is 5.41 Å². The third-order valence-corrected chi connectivity index (χ3v) is 7.29. The van der Waals surface area contributed by atoms with Gasteiger partial charge in [-0.15, -0.1) is 0 Å². The second-order valence-corrected chi connectivity index (χ2v) is 9.95. The molecule has 3 heterocycles. The lowest BCUT2D eigenvalue weighted by molar-refractivity contribution is -0.109. The Bertz CT molecular complexity index is 1600. The van der Waals surface area contributed by atoms with Crippen molar-refractivity contribution in [2.45, 2.75) is 13.5 Å². The molecule has 0 unspecified atom stereocenters. The molecule has 3 nitrogen and oxygen atoms in total. The van der Waals surface area contributed by atoms with Crippen LogP contribution >= 0.6 is 0 Å². The lowest BCUT2D eigenvalue weighted by atomic mass is 9.88. The number of hydrogen-bond acceptors (Lipinski definition) is 2. The molecule has 2 aliphatic heterocycles. The number of benzene rings is 4. The second kappa shape index (κ2) is 7.34. The fraction of sp³-hybridized carbons (Fsp3) is 0.161. The van der Waals surface area contributed by atoms with Gasteiger partial charge in [-0.05, 0) is 41.0 Å². The van der Waals surface area contributed by atoms with Crippen LogP contribution in [0.2, 0.25) is 0 Å². The highest BCUT2D eigenvalue weighted by Crippen LogP contribution is 2.40. The first kappa shape index (κ1) is 19.6. The normalized spacial score (nSPS) is 15.9. The van der Waals surface area contributed by atoms with Gasteiger partial charge in [0.05, 0.1) is 13.2 Å². The summed E-state index contributed by atoms with van der Waals surface area (Å²) >= 11 is 0. The predicted octanol–water partition coefficient (Wildman–Crippen LogP) is 7.73. The number of fused-ring (bicyclic) bond motifs is 5. The van der Waals surface area contributed by atoms with Crippen LogP contribution in [0.5, 0.6) is 0 Å². The Morgan fingerprint density at radius 3 is 2.47 bits per heavy atom. The fourth-order valence-corrected chi connectivity index (χ4v) is 5.49. The highest BCUT2D eigenvalue weighted by molar-refractivity contribution is 6.09. The van der Waals surface area contributed by atoms with Gasteiger partial charge in [0.1, 0.15) is 0 Å². The van der Waals surface area contributed by atoms with Crippen molar-refractivity contribution >= 4 is 45.3 Å². The van der Waals surface area contributed by atoms with Crippen LogP contribution < -0.4 is 5.32 Å². The third-order valence-electron chi connectivity index (χ3n) is 7.29. The number of rotatable bonds is 3. The molecular formula is C31H26N2O. The van der Waals surface area contributed by atoms with Crippen LogP contribution in [0.1, 0.15) is 18.1 Å². The summed E-state index contributed by atoms with van der Waals surface area (Å²) in [5, 5.41) is 6.28. The number of aromatic nitrogens is 1. The van der Waals surface area contributed by atoms with Gasteiger partial charge in [-0.2, -0.15) is 0 Å². The van der Waals surface area contributed by atoms with Gasteiger partial charge in [-0.1, -0.05) is 79.7 Å². The molecule has 0 spiro atoms. The SMILES string of the molecule is CC1(Cn2c3ccccc3c3ccc(-c4cccc5c4C=Cc4ccccc4N5)cc32)COC1. The van der Waals surface area contributed by atoms with E-state index in [1.54, 1.807) is 0 Å². The van der Waals surface area contributed by atoms with Crippen molar-refractivity contribution in [2.75, 3.05) is 18.5 Å². The summed E-state index contributed by atoms with van der Waals surface area (Å²) in [6, 6.07) is 30.7. The zero-order valence-corrected chi connectivity index (χ0v) is 19.2. The molecule has 1 saturated heterocycles. The maximum absolute atomic E-state index is 5.58. The first-order valence-electron chi connectivity index (χ1n) is 11.9. The van der Waals surface area contributed by atoms with E-state index < -0.39 is 0 Å². The largest absolute Gasteiger partial charge is 0.380 e. The minimum atomic E-state index is 0.187. The van der Waals surface area contributed by atoms with Crippen molar-refractivity contribution in [3.8, 4) is 11.1 Å². The molecule has 1 fully saturated rings. The predicted molar refractivity (Wildman–Crippen MR) is 142 cm³/mol. The first-order chi connectivity index (χ1) is 16.7. The number of hydrogen-bond donors (Lipinski definition) is 1. The second-order valence-electron chi connectivity index (χ2n) is 9.95. The average Bonchev–Trinajstić information content (AvgIpc) is 3.02. The smallest absolute Gasteiger partial charge is 0.0559 e. The first-order valence-corrected chi connectivity index (χ1v) is 11.9. The van der Waals surface area contributed by atoms with Crippen molar-refractivity contribution in [3.05, 3.63) is 96.1 Å². The maximum Gasteiger partial charge on any atom is 0.0559 e. The van der Waals surface area contributed by atoms with E-state index >= 15 is 0 Å². The van der Waals surface area contributed by atoms with Crippen LogP contribution in [0.15, 0.2) is 84.9 Å². The molecule has 1 N–H and O–H groups in total. The van der Waals surface area contributed by atoms with Crippen molar-refractivity contribution in [3.63, 3.8) is 0 Å². The number of anilines is 2. The Hall–Kier alpha value is -3.82. The molecule has 2 aliphatic rings. The van der Waals surface area contributed by atoms with E-state index in [0.717, 1.165) is 31.1 Å². The van der Waals surface area contributed by atoms with Crippen molar-refractivity contribution in [1.29, 1.82) is 0 Å². The Labute approximate surface area is 199 Å². The highest BCUT2D eigenvalue weighted by atomic mass is 16.5. The van der Waals surface area contributed by atoms with E-state index in [1.807, 2.05) is 0 Å². The van der Waals surface area contributed by atoms with E-state index in [4.69, 9.17) is 4.74 Å². The van der Waals surface area contributed by atoms with Gasteiger partial charge in [0.2, 0.25) is 0 Å². The Balaban J connectivity index is 1.41. The van der Waals surface area contributed by atoms with Gasteiger partial charge >= 0.3 is 0 Å². The van der Waals surface area contributed by atoms with E-state index in [9.17, 15) is 0 Å². The van der Waals surface area contributed by atoms with Crippen LogP contribution in [0, 0.1) is 5.41 Å². The van der Waals surface area contributed by atoms with Gasteiger partial charge in [-0.25, -0.2) is 0 Å². The van der Waals surface area contributed by atoms with Crippen molar-refractivity contribution in [1.82, 2.24) is 4.57 Å². The molecule has 5 aromatic rings. The molecule has 0 bridgehead atoms. The molecule has 0 radical (unpaired) electrons. The Kier molecular flexibility index (Phi) is 4.24. The lowest BCUT2D eigenvalue weighted by Gasteiger charge is -2.38. The summed E-state index contributed by atoms with van der Waals surface area (Å²) in [5.74, 6) is 0. The molecule has 3 heteroatoms. The number of nitrogens with zero attached hydrogens (tertiary/aromatic N) is 1. The molecule has 34 heavy (non-hydrogen) atoms. The van der Waals surface area contributed by atoms with Gasteiger partial charge in [0, 0.05) is 50.7 Å². The highest BCUT2D eigenvalue weighted by Gasteiger charge is 2.34. The fourth-order valence-electron chi connectivity index (χ4n) is 5.49. The molecule has 1 aromatic heterocycles. The van der Waals surface area contributed by atoms with E-state index in [0.29, 0.717) is 0 Å². The summed E-state index contributed by atoms with van der Waals surface area (Å²) in [4.78, 5) is 0. The summed E-state index contributed by atoms with van der Waals surface area (Å²) in [6.07, 6.45) is 4.46. The molecule has 166 valence electrons. The van der Waals surface area contributed by atoms with Crippen LogP contribution in [0.3, 0.4) is 0 Å². The zero-order chi connectivity index (χ0) is 22.7. The molecule has 0 aliphatic carbocycles. The summed E-state index contributed by atoms with van der Waals surface area (Å²) in [5.41, 5.74) is 9.96. The topological polar surface area (TPSA) is 26.2 Å². The standard InChI is InChI=1S/C31H26N2O/c1-31(19-34-20-31)18-33-29-12-5-3-8-25(29)26-16-14-22(17-30(26)33)23-9-6-11-28-24(23)15-13-21-7-2-4-10-27(21)32-28/h2-17,32H,18-20H2,1H3.